The summed E-state index contributed by atoms with van der Waals surface area (Å²) < 4.78 is 7.28. The quantitative estimate of drug-likeness (QED) is 0.747. The van der Waals surface area contributed by atoms with E-state index >= 15 is 0 Å². The Morgan fingerprint density at radius 2 is 2.00 bits per heavy atom. The molecular formula is C17H24N4O3. The average Bonchev–Trinajstić information content (AvgIpc) is 3.22. The first-order chi connectivity index (χ1) is 11.6. The second-order valence-electron chi connectivity index (χ2n) is 6.13. The van der Waals surface area contributed by atoms with E-state index in [0.29, 0.717) is 39.2 Å². The molecule has 0 radical (unpaired) electrons. The maximum Gasteiger partial charge on any atom is 0.249 e. The third kappa shape index (κ3) is 3.36. The van der Waals surface area contributed by atoms with Crippen molar-refractivity contribution in [2.45, 2.75) is 32.9 Å². The first kappa shape index (κ1) is 16.7. The normalized spacial score (nSPS) is 19.7. The fourth-order valence-corrected chi connectivity index (χ4v) is 3.19. The fourth-order valence-electron chi connectivity index (χ4n) is 3.19. The van der Waals surface area contributed by atoms with Gasteiger partial charge in [0.2, 0.25) is 11.8 Å². The zero-order chi connectivity index (χ0) is 17.1. The van der Waals surface area contributed by atoms with Gasteiger partial charge in [-0.25, -0.2) is 4.98 Å². The maximum absolute atomic E-state index is 12.3. The Morgan fingerprint density at radius 3 is 2.71 bits per heavy atom. The summed E-state index contributed by atoms with van der Waals surface area (Å²) in [6.45, 7) is 7.18. The Balaban J connectivity index is 1.67. The maximum atomic E-state index is 12.3. The van der Waals surface area contributed by atoms with E-state index in [1.807, 2.05) is 32.2 Å². The monoisotopic (exact) mass is 332 g/mol. The molecule has 24 heavy (non-hydrogen) atoms. The lowest BCUT2D eigenvalue weighted by Crippen LogP contribution is -2.42. The van der Waals surface area contributed by atoms with Crippen molar-refractivity contribution < 1.29 is 14.3 Å². The number of amides is 2. The van der Waals surface area contributed by atoms with Crippen LogP contribution in [0.1, 0.15) is 31.4 Å². The molecule has 0 aliphatic carbocycles. The SMILES string of the molecule is CCOCC(=O)N1CCn2cc(CC(=O)N3CC=CC3)nc2[C@H]1C. The summed E-state index contributed by atoms with van der Waals surface area (Å²) in [5.74, 6) is 0.917. The molecule has 1 atom stereocenters. The van der Waals surface area contributed by atoms with Crippen LogP contribution >= 0.6 is 0 Å². The van der Waals surface area contributed by atoms with Crippen LogP contribution in [0.4, 0.5) is 0 Å². The summed E-state index contributed by atoms with van der Waals surface area (Å²) in [5, 5.41) is 0. The molecule has 3 heterocycles. The summed E-state index contributed by atoms with van der Waals surface area (Å²) in [6.07, 6.45) is 6.25. The highest BCUT2D eigenvalue weighted by Crippen LogP contribution is 2.25. The number of rotatable bonds is 5. The van der Waals surface area contributed by atoms with E-state index in [0.717, 1.165) is 11.5 Å². The molecule has 0 N–H and O–H groups in total. The van der Waals surface area contributed by atoms with Gasteiger partial charge in [-0.2, -0.15) is 0 Å². The van der Waals surface area contributed by atoms with Crippen LogP contribution in [-0.2, 0) is 27.3 Å². The summed E-state index contributed by atoms with van der Waals surface area (Å²) in [5.41, 5.74) is 0.771. The van der Waals surface area contributed by atoms with E-state index in [1.54, 1.807) is 9.80 Å². The molecule has 0 saturated carbocycles. The lowest BCUT2D eigenvalue weighted by atomic mass is 10.2. The molecule has 1 aromatic heterocycles. The fraction of sp³-hybridized carbons (Fsp3) is 0.588. The average molecular weight is 332 g/mol. The zero-order valence-corrected chi connectivity index (χ0v) is 14.3. The molecule has 2 amide bonds. The van der Waals surface area contributed by atoms with Crippen molar-refractivity contribution in [2.75, 3.05) is 32.8 Å². The lowest BCUT2D eigenvalue weighted by molar-refractivity contribution is -0.139. The topological polar surface area (TPSA) is 67.7 Å². The summed E-state index contributed by atoms with van der Waals surface area (Å²) in [7, 11) is 0. The number of carbonyl (C=O) groups excluding carboxylic acids is 2. The predicted molar refractivity (Wildman–Crippen MR) is 88.3 cm³/mol. The molecule has 0 saturated heterocycles. The third-order valence-electron chi connectivity index (χ3n) is 4.53. The van der Waals surface area contributed by atoms with Gasteiger partial charge in [0.1, 0.15) is 12.4 Å². The van der Waals surface area contributed by atoms with Gasteiger partial charge in [-0.3, -0.25) is 9.59 Å². The van der Waals surface area contributed by atoms with Crippen LogP contribution in [0, 0.1) is 0 Å². The molecular weight excluding hydrogens is 308 g/mol. The van der Waals surface area contributed by atoms with Gasteiger partial charge >= 0.3 is 0 Å². The lowest BCUT2D eigenvalue weighted by Gasteiger charge is -2.33. The Labute approximate surface area is 141 Å². The van der Waals surface area contributed by atoms with Gasteiger partial charge < -0.3 is 19.1 Å². The molecule has 0 spiro atoms. The molecule has 0 bridgehead atoms. The van der Waals surface area contributed by atoms with E-state index in [-0.39, 0.29) is 24.5 Å². The standard InChI is InChI=1S/C17H24N4O3/c1-3-24-12-16(23)21-9-8-20-11-14(18-17(20)13(21)2)10-15(22)19-6-4-5-7-19/h4-5,11,13H,3,6-10,12H2,1-2H3/t13-/m1/s1. The highest BCUT2D eigenvalue weighted by atomic mass is 16.5. The van der Waals surface area contributed by atoms with Crippen LogP contribution in [0.3, 0.4) is 0 Å². The van der Waals surface area contributed by atoms with Crippen LogP contribution in [0.25, 0.3) is 0 Å². The van der Waals surface area contributed by atoms with Crippen molar-refractivity contribution in [3.63, 3.8) is 0 Å². The molecule has 0 aromatic carbocycles. The number of fused-ring (bicyclic) bond motifs is 1. The molecule has 0 fully saturated rings. The van der Waals surface area contributed by atoms with Crippen LogP contribution in [-0.4, -0.2) is 64.0 Å². The van der Waals surface area contributed by atoms with Gasteiger partial charge in [0.25, 0.3) is 0 Å². The Morgan fingerprint density at radius 1 is 1.25 bits per heavy atom. The van der Waals surface area contributed by atoms with Gasteiger partial charge in [0, 0.05) is 39.0 Å². The van der Waals surface area contributed by atoms with E-state index in [4.69, 9.17) is 4.74 Å². The molecule has 2 aliphatic heterocycles. The minimum absolute atomic E-state index is 0.0145. The molecule has 0 unspecified atom stereocenters. The molecule has 7 heteroatoms. The largest absolute Gasteiger partial charge is 0.372 e. The number of hydrogen-bond donors (Lipinski definition) is 0. The number of imidazole rings is 1. The number of ether oxygens (including phenoxy) is 1. The van der Waals surface area contributed by atoms with Gasteiger partial charge in [-0.05, 0) is 13.8 Å². The third-order valence-corrected chi connectivity index (χ3v) is 4.53. The van der Waals surface area contributed by atoms with Crippen LogP contribution in [0.15, 0.2) is 18.3 Å². The van der Waals surface area contributed by atoms with Gasteiger partial charge in [0.05, 0.1) is 18.2 Å². The highest BCUT2D eigenvalue weighted by molar-refractivity contribution is 5.79. The minimum atomic E-state index is -0.107. The number of hydrogen-bond acceptors (Lipinski definition) is 4. The molecule has 130 valence electrons. The van der Waals surface area contributed by atoms with Crippen LogP contribution in [0.5, 0.6) is 0 Å². The molecule has 1 aromatic rings. The Hall–Kier alpha value is -2.15. The van der Waals surface area contributed by atoms with Crippen molar-refractivity contribution in [1.82, 2.24) is 19.4 Å². The van der Waals surface area contributed by atoms with Crippen molar-refractivity contribution in [1.29, 1.82) is 0 Å². The molecule has 2 aliphatic rings. The summed E-state index contributed by atoms with van der Waals surface area (Å²) >= 11 is 0. The van der Waals surface area contributed by atoms with Gasteiger partial charge in [-0.1, -0.05) is 12.2 Å². The van der Waals surface area contributed by atoms with Crippen molar-refractivity contribution >= 4 is 11.8 Å². The van der Waals surface area contributed by atoms with Crippen LogP contribution in [0.2, 0.25) is 0 Å². The Bertz CT molecular complexity index is 644. The van der Waals surface area contributed by atoms with Gasteiger partial charge in [-0.15, -0.1) is 0 Å². The van der Waals surface area contributed by atoms with E-state index < -0.39 is 0 Å². The van der Waals surface area contributed by atoms with Crippen molar-refractivity contribution in [3.8, 4) is 0 Å². The van der Waals surface area contributed by atoms with E-state index in [2.05, 4.69) is 9.55 Å². The zero-order valence-electron chi connectivity index (χ0n) is 14.3. The number of nitrogens with zero attached hydrogens (tertiary/aromatic N) is 4. The number of aromatic nitrogens is 2. The first-order valence-electron chi connectivity index (χ1n) is 8.46. The summed E-state index contributed by atoms with van der Waals surface area (Å²) in [4.78, 5) is 32.7. The van der Waals surface area contributed by atoms with E-state index in [9.17, 15) is 9.59 Å². The first-order valence-corrected chi connectivity index (χ1v) is 8.46. The van der Waals surface area contributed by atoms with Gasteiger partial charge in [0.15, 0.2) is 0 Å². The highest BCUT2D eigenvalue weighted by Gasteiger charge is 2.30. The number of carbonyl (C=O) groups is 2. The second-order valence-corrected chi connectivity index (χ2v) is 6.13. The molecule has 3 rings (SSSR count). The van der Waals surface area contributed by atoms with Crippen molar-refractivity contribution in [2.24, 2.45) is 0 Å². The predicted octanol–water partition coefficient (Wildman–Crippen LogP) is 0.764. The second kappa shape index (κ2) is 7.17. The minimum Gasteiger partial charge on any atom is -0.372 e. The molecule has 7 nitrogen and oxygen atoms in total. The Kier molecular flexibility index (Phi) is 4.99. The van der Waals surface area contributed by atoms with E-state index in [1.165, 1.54) is 0 Å². The smallest absolute Gasteiger partial charge is 0.249 e. The van der Waals surface area contributed by atoms with Crippen molar-refractivity contribution in [3.05, 3.63) is 29.9 Å². The summed E-state index contributed by atoms with van der Waals surface area (Å²) in [6, 6.07) is -0.107. The van der Waals surface area contributed by atoms with Crippen LogP contribution < -0.4 is 0 Å².